The maximum absolute atomic E-state index is 5.14. The van der Waals surface area contributed by atoms with E-state index in [2.05, 4.69) is 25.1 Å². The molecule has 0 spiro atoms. The maximum atomic E-state index is 5.14. The van der Waals surface area contributed by atoms with Gasteiger partial charge in [0.05, 0.1) is 13.2 Å². The molecular weight excluding hydrogens is 224 g/mol. The average molecular weight is 249 g/mol. The van der Waals surface area contributed by atoms with E-state index in [0.717, 1.165) is 32.5 Å². The van der Waals surface area contributed by atoms with Crippen molar-refractivity contribution in [2.45, 2.75) is 39.0 Å². The molecule has 0 heterocycles. The Kier molecular flexibility index (Phi) is 7.70. The zero-order valence-electron chi connectivity index (χ0n) is 11.9. The SMILES string of the molecule is CCCCc1cc(CCOC)[c]c(CCOC)c1. The first-order chi connectivity index (χ1) is 8.80. The van der Waals surface area contributed by atoms with Gasteiger partial charge < -0.3 is 9.47 Å². The third-order valence-electron chi connectivity index (χ3n) is 3.01. The van der Waals surface area contributed by atoms with E-state index in [4.69, 9.17) is 9.47 Å². The molecule has 0 aromatic heterocycles. The van der Waals surface area contributed by atoms with Crippen LogP contribution in [-0.4, -0.2) is 27.4 Å². The van der Waals surface area contributed by atoms with Crippen molar-refractivity contribution >= 4 is 0 Å². The topological polar surface area (TPSA) is 18.5 Å². The minimum atomic E-state index is 0.761. The second-order valence-electron chi connectivity index (χ2n) is 4.63. The van der Waals surface area contributed by atoms with Crippen molar-refractivity contribution in [3.05, 3.63) is 34.9 Å². The molecule has 0 saturated carbocycles. The number of hydrogen-bond donors (Lipinski definition) is 0. The molecule has 1 radical (unpaired) electrons. The fourth-order valence-electron chi connectivity index (χ4n) is 1.99. The number of aryl methyl sites for hydroxylation is 1. The summed E-state index contributed by atoms with van der Waals surface area (Å²) < 4.78 is 10.3. The van der Waals surface area contributed by atoms with Gasteiger partial charge in [0, 0.05) is 14.2 Å². The molecule has 0 amide bonds. The lowest BCUT2D eigenvalue weighted by molar-refractivity contribution is 0.201. The Morgan fingerprint density at radius 3 is 1.94 bits per heavy atom. The highest BCUT2D eigenvalue weighted by Crippen LogP contribution is 2.14. The molecule has 0 bridgehead atoms. The van der Waals surface area contributed by atoms with Gasteiger partial charge in [-0.2, -0.15) is 0 Å². The molecule has 0 aliphatic heterocycles. The van der Waals surface area contributed by atoms with Gasteiger partial charge >= 0.3 is 0 Å². The van der Waals surface area contributed by atoms with E-state index in [9.17, 15) is 0 Å². The molecule has 1 rings (SSSR count). The molecule has 0 unspecified atom stereocenters. The third kappa shape index (κ3) is 5.65. The average Bonchev–Trinajstić information content (AvgIpc) is 2.40. The fraction of sp³-hybridized carbons (Fsp3) is 0.625. The third-order valence-corrected chi connectivity index (χ3v) is 3.01. The Morgan fingerprint density at radius 2 is 1.50 bits per heavy atom. The smallest absolute Gasteiger partial charge is 0.0502 e. The molecule has 0 aliphatic carbocycles. The van der Waals surface area contributed by atoms with Gasteiger partial charge in [0.2, 0.25) is 0 Å². The van der Waals surface area contributed by atoms with Gasteiger partial charge in [-0.15, -0.1) is 0 Å². The van der Waals surface area contributed by atoms with E-state index >= 15 is 0 Å². The summed E-state index contributed by atoms with van der Waals surface area (Å²) >= 11 is 0. The minimum Gasteiger partial charge on any atom is -0.384 e. The molecule has 18 heavy (non-hydrogen) atoms. The highest BCUT2D eigenvalue weighted by atomic mass is 16.5. The molecule has 2 nitrogen and oxygen atoms in total. The molecule has 1 aromatic carbocycles. The predicted molar refractivity (Wildman–Crippen MR) is 75.1 cm³/mol. The van der Waals surface area contributed by atoms with Crippen LogP contribution in [0.4, 0.5) is 0 Å². The van der Waals surface area contributed by atoms with Crippen molar-refractivity contribution < 1.29 is 9.47 Å². The van der Waals surface area contributed by atoms with Crippen molar-refractivity contribution in [1.82, 2.24) is 0 Å². The first kappa shape index (κ1) is 15.2. The number of rotatable bonds is 9. The van der Waals surface area contributed by atoms with Gasteiger partial charge in [-0.25, -0.2) is 0 Å². The number of hydrogen-bond acceptors (Lipinski definition) is 2. The minimum absolute atomic E-state index is 0.761. The van der Waals surface area contributed by atoms with Crippen LogP contribution in [0.1, 0.15) is 36.5 Å². The summed E-state index contributed by atoms with van der Waals surface area (Å²) in [4.78, 5) is 0. The largest absolute Gasteiger partial charge is 0.384 e. The van der Waals surface area contributed by atoms with Crippen molar-refractivity contribution in [2.24, 2.45) is 0 Å². The van der Waals surface area contributed by atoms with Crippen LogP contribution in [-0.2, 0) is 28.7 Å². The first-order valence-corrected chi connectivity index (χ1v) is 6.82. The molecule has 0 fully saturated rings. The van der Waals surface area contributed by atoms with Crippen LogP contribution in [0.15, 0.2) is 12.1 Å². The highest BCUT2D eigenvalue weighted by Gasteiger charge is 2.02. The lowest BCUT2D eigenvalue weighted by Crippen LogP contribution is -2.01. The van der Waals surface area contributed by atoms with Crippen LogP contribution in [0.2, 0.25) is 0 Å². The summed E-state index contributed by atoms with van der Waals surface area (Å²) in [5.41, 5.74) is 3.95. The van der Waals surface area contributed by atoms with Crippen LogP contribution >= 0.6 is 0 Å². The number of ether oxygens (including phenoxy) is 2. The standard InChI is InChI=1S/C16H25O2/c1-4-5-6-14-11-15(7-9-17-2)13-16(12-14)8-10-18-3/h11-12H,4-10H2,1-3H3. The Hall–Kier alpha value is -0.860. The zero-order valence-corrected chi connectivity index (χ0v) is 11.9. The van der Waals surface area contributed by atoms with Crippen LogP contribution in [0, 0.1) is 6.07 Å². The monoisotopic (exact) mass is 249 g/mol. The van der Waals surface area contributed by atoms with E-state index in [1.807, 2.05) is 0 Å². The van der Waals surface area contributed by atoms with E-state index in [0.29, 0.717) is 0 Å². The highest BCUT2D eigenvalue weighted by molar-refractivity contribution is 5.29. The molecule has 0 aliphatic rings. The summed E-state index contributed by atoms with van der Waals surface area (Å²) in [6.45, 7) is 3.75. The van der Waals surface area contributed by atoms with Gasteiger partial charge in [-0.3, -0.25) is 0 Å². The van der Waals surface area contributed by atoms with Crippen molar-refractivity contribution in [1.29, 1.82) is 0 Å². The van der Waals surface area contributed by atoms with Crippen LogP contribution in [0.25, 0.3) is 0 Å². The van der Waals surface area contributed by atoms with E-state index in [1.54, 1.807) is 14.2 Å². The molecule has 2 heteroatoms. The molecule has 0 saturated heterocycles. The molecule has 0 N–H and O–H groups in total. The molecule has 101 valence electrons. The predicted octanol–water partition coefficient (Wildman–Crippen LogP) is 3.21. The summed E-state index contributed by atoms with van der Waals surface area (Å²) in [6, 6.07) is 8.01. The molecule has 1 aromatic rings. The van der Waals surface area contributed by atoms with Gasteiger partial charge in [0.1, 0.15) is 0 Å². The van der Waals surface area contributed by atoms with Gasteiger partial charge in [0.25, 0.3) is 0 Å². The number of benzene rings is 1. The summed E-state index contributed by atoms with van der Waals surface area (Å²) in [5.74, 6) is 0. The summed E-state index contributed by atoms with van der Waals surface area (Å²) in [6.07, 6.45) is 5.52. The Labute approximate surface area is 111 Å². The lowest BCUT2D eigenvalue weighted by Gasteiger charge is -2.09. The quantitative estimate of drug-likeness (QED) is 0.669. The maximum Gasteiger partial charge on any atom is 0.0502 e. The zero-order chi connectivity index (χ0) is 13.2. The van der Waals surface area contributed by atoms with Gasteiger partial charge in [-0.05, 0) is 48.4 Å². The van der Waals surface area contributed by atoms with Crippen molar-refractivity contribution in [3.63, 3.8) is 0 Å². The van der Waals surface area contributed by atoms with Crippen LogP contribution < -0.4 is 0 Å². The summed E-state index contributed by atoms with van der Waals surface area (Å²) in [5, 5.41) is 0. The second kappa shape index (κ2) is 9.12. The van der Waals surface area contributed by atoms with E-state index < -0.39 is 0 Å². The van der Waals surface area contributed by atoms with E-state index in [-0.39, 0.29) is 0 Å². The summed E-state index contributed by atoms with van der Waals surface area (Å²) in [7, 11) is 3.49. The molecular formula is C16H25O2. The fourth-order valence-corrected chi connectivity index (χ4v) is 1.99. The van der Waals surface area contributed by atoms with Crippen LogP contribution in [0.5, 0.6) is 0 Å². The Balaban J connectivity index is 2.74. The van der Waals surface area contributed by atoms with E-state index in [1.165, 1.54) is 29.5 Å². The van der Waals surface area contributed by atoms with Gasteiger partial charge in [0.15, 0.2) is 0 Å². The lowest BCUT2D eigenvalue weighted by atomic mass is 9.99. The van der Waals surface area contributed by atoms with Crippen molar-refractivity contribution in [3.8, 4) is 0 Å². The number of unbranched alkanes of at least 4 members (excludes halogenated alkanes) is 1. The van der Waals surface area contributed by atoms with Crippen molar-refractivity contribution in [2.75, 3.05) is 27.4 Å². The normalized spacial score (nSPS) is 10.8. The van der Waals surface area contributed by atoms with Gasteiger partial charge in [-0.1, -0.05) is 25.5 Å². The molecule has 0 atom stereocenters. The first-order valence-electron chi connectivity index (χ1n) is 6.82. The second-order valence-corrected chi connectivity index (χ2v) is 4.63. The number of methoxy groups -OCH3 is 2. The Morgan fingerprint density at radius 1 is 0.944 bits per heavy atom. The van der Waals surface area contributed by atoms with Crippen LogP contribution in [0.3, 0.4) is 0 Å². The Bertz CT molecular complexity index is 269.